The number of halogens is 1. The number of aryl methyl sites for hydroxylation is 2. The van der Waals surface area contributed by atoms with Crippen LogP contribution in [0.4, 0.5) is 4.39 Å². The molecule has 0 atom stereocenters. The highest BCUT2D eigenvalue weighted by molar-refractivity contribution is 7.18. The number of hydrogen-bond donors (Lipinski definition) is 0. The topological polar surface area (TPSA) is 12.9 Å². The molecule has 2 rings (SSSR count). The average molecular weight is 326 g/mol. The summed E-state index contributed by atoms with van der Waals surface area (Å²) in [5.74, 6) is -0.173. The van der Waals surface area contributed by atoms with E-state index in [9.17, 15) is 4.39 Å². The number of unbranched alkanes of at least 4 members (excludes halogenated alkanes) is 5. The Morgan fingerprint density at radius 1 is 0.955 bits per heavy atom. The average Bonchev–Trinajstić information content (AvgIpc) is 2.92. The van der Waals surface area contributed by atoms with Crippen LogP contribution >= 0.6 is 11.3 Å². The number of benzene rings is 1. The van der Waals surface area contributed by atoms with E-state index in [0.717, 1.165) is 15.2 Å². The first-order valence-electron chi connectivity index (χ1n) is 8.62. The molecule has 1 nitrogen and oxygen atoms in total. The Morgan fingerprint density at radius 3 is 2.00 bits per heavy atom. The largest absolute Gasteiger partial charge is 0.241 e. The summed E-state index contributed by atoms with van der Waals surface area (Å²) in [6, 6.07) is 3.28. The van der Waals surface area contributed by atoms with Gasteiger partial charge >= 0.3 is 0 Å². The summed E-state index contributed by atoms with van der Waals surface area (Å²) in [4.78, 5) is 4.25. The highest BCUT2D eigenvalue weighted by atomic mass is 32.1. The van der Waals surface area contributed by atoms with Gasteiger partial charge < -0.3 is 0 Å². The normalized spacial score (nSPS) is 9.77. The van der Waals surface area contributed by atoms with Crippen LogP contribution in [0.2, 0.25) is 0 Å². The number of aromatic nitrogens is 1. The van der Waals surface area contributed by atoms with Crippen LogP contribution in [-0.2, 0) is 0 Å². The third-order valence-electron chi connectivity index (χ3n) is 3.31. The van der Waals surface area contributed by atoms with Crippen LogP contribution in [0.5, 0.6) is 0 Å². The molecule has 0 aliphatic carbocycles. The molecule has 1 aromatic heterocycles. The van der Waals surface area contributed by atoms with Crippen molar-refractivity contribution >= 4 is 21.6 Å². The van der Waals surface area contributed by atoms with Crippen molar-refractivity contribution in [2.24, 2.45) is 0 Å². The van der Waals surface area contributed by atoms with E-state index in [1.165, 1.54) is 44.6 Å². The summed E-state index contributed by atoms with van der Waals surface area (Å²) < 4.78 is 14.1. The van der Waals surface area contributed by atoms with Crippen molar-refractivity contribution in [3.8, 4) is 0 Å². The molecule has 0 fully saturated rings. The summed E-state index contributed by atoms with van der Waals surface area (Å²) in [6.45, 7) is 12.2. The molecule has 0 saturated carbocycles. The van der Waals surface area contributed by atoms with E-state index >= 15 is 0 Å². The van der Waals surface area contributed by atoms with Crippen molar-refractivity contribution in [3.05, 3.63) is 28.5 Å². The molecule has 2 aromatic rings. The summed E-state index contributed by atoms with van der Waals surface area (Å²) in [6.07, 6.45) is 8.49. The minimum Gasteiger partial charge on any atom is -0.241 e. The fraction of sp³-hybridized carbons (Fsp3) is 0.632. The lowest BCUT2D eigenvalue weighted by Crippen LogP contribution is -1.82. The van der Waals surface area contributed by atoms with Gasteiger partial charge in [0, 0.05) is 5.56 Å². The minimum atomic E-state index is -0.173. The van der Waals surface area contributed by atoms with Crippen molar-refractivity contribution in [1.29, 1.82) is 0 Å². The van der Waals surface area contributed by atoms with Crippen molar-refractivity contribution in [3.63, 3.8) is 0 Å². The van der Waals surface area contributed by atoms with Crippen LogP contribution in [0.3, 0.4) is 0 Å². The van der Waals surface area contributed by atoms with E-state index in [1.54, 1.807) is 24.3 Å². The van der Waals surface area contributed by atoms with Gasteiger partial charge in [-0.25, -0.2) is 9.37 Å². The maximum absolute atomic E-state index is 13.0. The second-order valence-electron chi connectivity index (χ2n) is 5.17. The molecule has 0 N–H and O–H groups in total. The highest BCUT2D eigenvalue weighted by Gasteiger charge is 2.06. The van der Waals surface area contributed by atoms with Crippen LogP contribution in [0.15, 0.2) is 12.1 Å². The molecule has 3 heteroatoms. The molecule has 0 amide bonds. The second-order valence-corrected chi connectivity index (χ2v) is 6.40. The zero-order valence-corrected chi connectivity index (χ0v) is 15.9. The van der Waals surface area contributed by atoms with Crippen molar-refractivity contribution < 1.29 is 4.39 Å². The Kier molecular flexibility index (Phi) is 12.0. The van der Waals surface area contributed by atoms with Gasteiger partial charge in [0.2, 0.25) is 0 Å². The predicted octanol–water partition coefficient (Wildman–Crippen LogP) is 7.45. The zero-order valence-electron chi connectivity index (χ0n) is 15.1. The SMILES string of the molecule is CC.CCCCCCCC.Cc1nc2c(C)c(F)ccc2s1. The lowest BCUT2D eigenvalue weighted by Gasteiger charge is -1.94. The Balaban J connectivity index is 0.000000388. The molecule has 0 aliphatic rings. The van der Waals surface area contributed by atoms with E-state index < -0.39 is 0 Å². The van der Waals surface area contributed by atoms with Crippen molar-refractivity contribution in [2.75, 3.05) is 0 Å². The maximum atomic E-state index is 13.0. The number of thiazole rings is 1. The van der Waals surface area contributed by atoms with Gasteiger partial charge in [-0.15, -0.1) is 11.3 Å². The van der Waals surface area contributed by atoms with Gasteiger partial charge in [-0.1, -0.05) is 66.2 Å². The van der Waals surface area contributed by atoms with Gasteiger partial charge in [0.05, 0.1) is 15.2 Å². The van der Waals surface area contributed by atoms with Crippen molar-refractivity contribution in [2.45, 2.75) is 80.1 Å². The summed E-state index contributed by atoms with van der Waals surface area (Å²) in [5, 5.41) is 0.985. The van der Waals surface area contributed by atoms with Crippen LogP contribution in [0.1, 0.15) is 76.8 Å². The molecule has 22 heavy (non-hydrogen) atoms. The van der Waals surface area contributed by atoms with E-state index in [-0.39, 0.29) is 5.82 Å². The molecule has 1 aromatic carbocycles. The van der Waals surface area contributed by atoms with Gasteiger partial charge in [-0.3, -0.25) is 0 Å². The molecule has 0 spiro atoms. The molecule has 0 bridgehead atoms. The third-order valence-corrected chi connectivity index (χ3v) is 4.25. The predicted molar refractivity (Wildman–Crippen MR) is 99.5 cm³/mol. The monoisotopic (exact) mass is 325 g/mol. The van der Waals surface area contributed by atoms with Crippen LogP contribution < -0.4 is 0 Å². The standard InChI is InChI=1S/C9H8FNS.C8H18.C2H6/c1-5-7(10)3-4-8-9(5)11-6(2)12-8;1-3-5-7-8-6-4-2;1-2/h3-4H,1-2H3;3-8H2,1-2H3;1-2H3. The summed E-state index contributed by atoms with van der Waals surface area (Å²) in [5.41, 5.74) is 1.45. The maximum Gasteiger partial charge on any atom is 0.128 e. The van der Waals surface area contributed by atoms with E-state index in [2.05, 4.69) is 18.8 Å². The molecule has 0 aliphatic heterocycles. The Morgan fingerprint density at radius 2 is 1.50 bits per heavy atom. The molecule has 0 radical (unpaired) electrons. The van der Waals surface area contributed by atoms with Crippen LogP contribution in [-0.4, -0.2) is 4.98 Å². The fourth-order valence-electron chi connectivity index (χ4n) is 2.06. The van der Waals surface area contributed by atoms with Crippen LogP contribution in [0.25, 0.3) is 10.2 Å². The second kappa shape index (κ2) is 12.6. The number of hydrogen-bond acceptors (Lipinski definition) is 2. The van der Waals surface area contributed by atoms with E-state index in [4.69, 9.17) is 0 Å². The van der Waals surface area contributed by atoms with Gasteiger partial charge in [0.15, 0.2) is 0 Å². The molecular weight excluding hydrogens is 293 g/mol. The number of nitrogens with zero attached hydrogens (tertiary/aromatic N) is 1. The molecule has 0 unspecified atom stereocenters. The third kappa shape index (κ3) is 7.35. The first-order valence-corrected chi connectivity index (χ1v) is 9.44. The molecular formula is C19H32FNS. The Labute approximate surface area is 140 Å². The van der Waals surface area contributed by atoms with Crippen LogP contribution in [0, 0.1) is 19.7 Å². The summed E-state index contributed by atoms with van der Waals surface area (Å²) >= 11 is 1.60. The lowest BCUT2D eigenvalue weighted by atomic mass is 10.1. The fourth-order valence-corrected chi connectivity index (χ4v) is 2.95. The first kappa shape index (κ1) is 21.0. The lowest BCUT2D eigenvalue weighted by molar-refractivity contribution is 0.620. The molecule has 0 saturated heterocycles. The Bertz CT molecular complexity index is 513. The minimum absolute atomic E-state index is 0.173. The number of rotatable bonds is 5. The smallest absolute Gasteiger partial charge is 0.128 e. The summed E-state index contributed by atoms with van der Waals surface area (Å²) in [7, 11) is 0. The van der Waals surface area contributed by atoms with E-state index in [0.29, 0.717) is 5.56 Å². The van der Waals surface area contributed by atoms with Gasteiger partial charge in [-0.2, -0.15) is 0 Å². The zero-order chi connectivity index (χ0) is 17.0. The Hall–Kier alpha value is -0.960. The quantitative estimate of drug-likeness (QED) is 0.520. The van der Waals surface area contributed by atoms with Gasteiger partial charge in [-0.05, 0) is 26.0 Å². The molecule has 1 heterocycles. The number of fused-ring (bicyclic) bond motifs is 1. The van der Waals surface area contributed by atoms with E-state index in [1.807, 2.05) is 20.8 Å². The van der Waals surface area contributed by atoms with Gasteiger partial charge in [0.1, 0.15) is 5.82 Å². The van der Waals surface area contributed by atoms with Gasteiger partial charge in [0.25, 0.3) is 0 Å². The van der Waals surface area contributed by atoms with Crippen molar-refractivity contribution in [1.82, 2.24) is 4.98 Å². The highest BCUT2D eigenvalue weighted by Crippen LogP contribution is 2.25. The molecule has 126 valence electrons. The first-order chi connectivity index (χ1) is 10.6.